The maximum Gasteiger partial charge on any atom is 0.418 e. The van der Waals surface area contributed by atoms with E-state index in [0.29, 0.717) is 12.3 Å². The van der Waals surface area contributed by atoms with E-state index in [1.54, 1.807) is 0 Å². The van der Waals surface area contributed by atoms with Gasteiger partial charge in [0.2, 0.25) is 0 Å². The molecule has 0 radical (unpaired) electrons. The second kappa shape index (κ2) is 5.50. The molecular formula is C12H5Cl2F3N2O2. The SMILES string of the molecule is O=[N+]([O-])c1cc(C(F)(F)F)cnc1-c1cc(Cl)ccc1Cl. The third kappa shape index (κ3) is 3.25. The van der Waals surface area contributed by atoms with Gasteiger partial charge in [-0.25, -0.2) is 4.98 Å². The van der Waals surface area contributed by atoms with Crippen molar-refractivity contribution in [2.24, 2.45) is 0 Å². The van der Waals surface area contributed by atoms with Crippen LogP contribution in [-0.2, 0) is 6.18 Å². The molecule has 0 amide bonds. The molecular weight excluding hydrogens is 332 g/mol. The van der Waals surface area contributed by atoms with Crippen molar-refractivity contribution >= 4 is 28.9 Å². The van der Waals surface area contributed by atoms with E-state index in [1.165, 1.54) is 18.2 Å². The molecule has 9 heteroatoms. The van der Waals surface area contributed by atoms with Gasteiger partial charge in [0.05, 0.1) is 15.5 Å². The Hall–Kier alpha value is -1.86. The summed E-state index contributed by atoms with van der Waals surface area (Å²) in [5, 5.41) is 11.3. The summed E-state index contributed by atoms with van der Waals surface area (Å²) in [7, 11) is 0. The standard InChI is InChI=1S/C12H5Cl2F3N2O2/c13-7-1-2-9(14)8(4-7)11-10(19(20)21)3-6(5-18-11)12(15,16)17/h1-5H. The van der Waals surface area contributed by atoms with Crippen LogP contribution in [0.2, 0.25) is 10.0 Å². The zero-order valence-corrected chi connectivity index (χ0v) is 11.5. The highest BCUT2D eigenvalue weighted by Gasteiger charge is 2.34. The number of benzene rings is 1. The fraction of sp³-hybridized carbons (Fsp3) is 0.0833. The predicted octanol–water partition coefficient (Wildman–Crippen LogP) is 4.98. The Morgan fingerprint density at radius 3 is 2.43 bits per heavy atom. The summed E-state index contributed by atoms with van der Waals surface area (Å²) in [6, 6.07) is 4.54. The van der Waals surface area contributed by atoms with Gasteiger partial charge in [-0.05, 0) is 18.2 Å². The van der Waals surface area contributed by atoms with Gasteiger partial charge in [-0.1, -0.05) is 23.2 Å². The molecule has 0 aliphatic carbocycles. The van der Waals surface area contributed by atoms with E-state index in [9.17, 15) is 23.3 Å². The highest BCUT2D eigenvalue weighted by Crippen LogP contribution is 2.38. The molecule has 0 saturated heterocycles. The number of rotatable bonds is 2. The molecule has 0 aliphatic heterocycles. The van der Waals surface area contributed by atoms with Crippen LogP contribution in [0, 0.1) is 10.1 Å². The maximum atomic E-state index is 12.6. The summed E-state index contributed by atoms with van der Waals surface area (Å²) in [6.45, 7) is 0. The fourth-order valence-electron chi connectivity index (χ4n) is 1.63. The summed E-state index contributed by atoms with van der Waals surface area (Å²) in [5.74, 6) is 0. The monoisotopic (exact) mass is 336 g/mol. The first kappa shape index (κ1) is 15.5. The summed E-state index contributed by atoms with van der Waals surface area (Å²) in [5.41, 5.74) is -2.20. The quantitative estimate of drug-likeness (QED) is 0.573. The number of nitro groups is 1. The molecule has 110 valence electrons. The van der Waals surface area contributed by atoms with Crippen LogP contribution in [-0.4, -0.2) is 9.91 Å². The van der Waals surface area contributed by atoms with E-state index in [0.717, 1.165) is 0 Å². The molecule has 2 rings (SSSR count). The first-order valence-electron chi connectivity index (χ1n) is 5.37. The first-order chi connectivity index (χ1) is 9.70. The Labute approximate surface area is 126 Å². The van der Waals surface area contributed by atoms with Gasteiger partial charge in [0, 0.05) is 22.8 Å². The molecule has 4 nitrogen and oxygen atoms in total. The highest BCUT2D eigenvalue weighted by atomic mass is 35.5. The smallest absolute Gasteiger partial charge is 0.258 e. The number of hydrogen-bond donors (Lipinski definition) is 0. The van der Waals surface area contributed by atoms with E-state index in [1.807, 2.05) is 0 Å². The van der Waals surface area contributed by atoms with Crippen LogP contribution in [0.4, 0.5) is 18.9 Å². The third-order valence-corrected chi connectivity index (χ3v) is 3.14. The van der Waals surface area contributed by atoms with Crippen LogP contribution in [0.1, 0.15) is 5.56 Å². The normalized spacial score (nSPS) is 11.5. The highest BCUT2D eigenvalue weighted by molar-refractivity contribution is 6.35. The van der Waals surface area contributed by atoms with E-state index in [4.69, 9.17) is 23.2 Å². The average molecular weight is 337 g/mol. The topological polar surface area (TPSA) is 56.0 Å². The lowest BCUT2D eigenvalue weighted by atomic mass is 10.1. The average Bonchev–Trinajstić information content (AvgIpc) is 2.40. The van der Waals surface area contributed by atoms with Crippen molar-refractivity contribution in [1.82, 2.24) is 4.98 Å². The zero-order valence-electron chi connectivity index (χ0n) is 9.99. The number of alkyl halides is 3. The van der Waals surface area contributed by atoms with Crippen LogP contribution in [0.3, 0.4) is 0 Å². The van der Waals surface area contributed by atoms with E-state index in [-0.39, 0.29) is 21.3 Å². The Bertz CT molecular complexity index is 720. The minimum atomic E-state index is -4.73. The van der Waals surface area contributed by atoms with Crippen LogP contribution in [0.15, 0.2) is 30.5 Å². The fourth-order valence-corrected chi connectivity index (χ4v) is 2.01. The van der Waals surface area contributed by atoms with E-state index < -0.39 is 22.4 Å². The molecule has 1 aromatic heterocycles. The lowest BCUT2D eigenvalue weighted by Gasteiger charge is -2.09. The molecule has 0 unspecified atom stereocenters. The van der Waals surface area contributed by atoms with Crippen molar-refractivity contribution in [2.75, 3.05) is 0 Å². The largest absolute Gasteiger partial charge is 0.418 e. The molecule has 1 aromatic carbocycles. The summed E-state index contributed by atoms with van der Waals surface area (Å²) < 4.78 is 37.8. The lowest BCUT2D eigenvalue weighted by Crippen LogP contribution is -2.07. The Morgan fingerprint density at radius 2 is 1.86 bits per heavy atom. The molecule has 0 spiro atoms. The summed E-state index contributed by atoms with van der Waals surface area (Å²) in [4.78, 5) is 13.6. The van der Waals surface area contributed by atoms with Gasteiger partial charge >= 0.3 is 6.18 Å². The van der Waals surface area contributed by atoms with Gasteiger partial charge in [-0.3, -0.25) is 10.1 Å². The van der Waals surface area contributed by atoms with E-state index in [2.05, 4.69) is 4.98 Å². The Morgan fingerprint density at radius 1 is 1.19 bits per heavy atom. The molecule has 2 aromatic rings. The van der Waals surface area contributed by atoms with Crippen LogP contribution in [0.5, 0.6) is 0 Å². The number of nitrogens with zero attached hydrogens (tertiary/aromatic N) is 2. The minimum absolute atomic E-state index is 0.0876. The van der Waals surface area contributed by atoms with Crippen LogP contribution >= 0.6 is 23.2 Å². The number of hydrogen-bond acceptors (Lipinski definition) is 3. The van der Waals surface area contributed by atoms with Gasteiger partial charge in [0.15, 0.2) is 0 Å². The van der Waals surface area contributed by atoms with Crippen molar-refractivity contribution in [1.29, 1.82) is 0 Å². The van der Waals surface area contributed by atoms with Crippen LogP contribution < -0.4 is 0 Å². The molecule has 0 atom stereocenters. The van der Waals surface area contributed by atoms with Crippen LogP contribution in [0.25, 0.3) is 11.3 Å². The maximum absolute atomic E-state index is 12.6. The molecule has 0 aliphatic rings. The van der Waals surface area contributed by atoms with Crippen molar-refractivity contribution in [3.8, 4) is 11.3 Å². The molecule has 0 saturated carbocycles. The van der Waals surface area contributed by atoms with Gasteiger partial charge in [0.25, 0.3) is 5.69 Å². The summed E-state index contributed by atoms with van der Waals surface area (Å²) in [6.07, 6.45) is -4.21. The number of pyridine rings is 1. The molecule has 0 fully saturated rings. The molecule has 0 N–H and O–H groups in total. The van der Waals surface area contributed by atoms with Gasteiger partial charge in [0.1, 0.15) is 5.69 Å². The van der Waals surface area contributed by atoms with Gasteiger partial charge in [-0.2, -0.15) is 13.2 Å². The molecule has 0 bridgehead atoms. The van der Waals surface area contributed by atoms with Crippen molar-refractivity contribution < 1.29 is 18.1 Å². The molecule has 1 heterocycles. The lowest BCUT2D eigenvalue weighted by molar-refractivity contribution is -0.384. The van der Waals surface area contributed by atoms with Crippen molar-refractivity contribution in [2.45, 2.75) is 6.18 Å². The first-order valence-corrected chi connectivity index (χ1v) is 6.13. The number of halogens is 5. The summed E-state index contributed by atoms with van der Waals surface area (Å²) >= 11 is 11.7. The number of aromatic nitrogens is 1. The second-order valence-corrected chi connectivity index (χ2v) is 4.81. The van der Waals surface area contributed by atoms with Gasteiger partial charge in [-0.15, -0.1) is 0 Å². The van der Waals surface area contributed by atoms with Crippen molar-refractivity contribution in [3.05, 3.63) is 56.2 Å². The van der Waals surface area contributed by atoms with Crippen molar-refractivity contribution in [3.63, 3.8) is 0 Å². The Kier molecular flexibility index (Phi) is 4.06. The third-order valence-electron chi connectivity index (χ3n) is 2.58. The zero-order chi connectivity index (χ0) is 15.8. The molecule has 21 heavy (non-hydrogen) atoms. The Balaban J connectivity index is 2.69. The second-order valence-electron chi connectivity index (χ2n) is 3.97. The van der Waals surface area contributed by atoms with Gasteiger partial charge < -0.3 is 0 Å². The predicted molar refractivity (Wildman–Crippen MR) is 71.3 cm³/mol. The van der Waals surface area contributed by atoms with E-state index >= 15 is 0 Å². The minimum Gasteiger partial charge on any atom is -0.258 e.